The average molecular weight is 340 g/mol. The number of aryl methyl sites for hydroxylation is 1. The number of nitrogens with zero attached hydrogens (tertiary/aromatic N) is 4. The fourth-order valence-electron chi connectivity index (χ4n) is 3.80. The molecule has 5 heteroatoms. The zero-order valence-corrected chi connectivity index (χ0v) is 15.4. The van der Waals surface area contributed by atoms with E-state index in [9.17, 15) is 4.79 Å². The van der Waals surface area contributed by atoms with Gasteiger partial charge in [0.1, 0.15) is 11.9 Å². The number of likely N-dealkylation sites (N-methyl/N-ethyl adjacent to an activating group) is 1. The van der Waals surface area contributed by atoms with E-state index in [2.05, 4.69) is 22.7 Å². The normalized spacial score (nSPS) is 19.2. The number of amides is 1. The van der Waals surface area contributed by atoms with E-state index >= 15 is 0 Å². The van der Waals surface area contributed by atoms with Crippen LogP contribution in [0.4, 0.5) is 0 Å². The highest BCUT2D eigenvalue weighted by Crippen LogP contribution is 2.27. The second kappa shape index (κ2) is 7.83. The summed E-state index contributed by atoms with van der Waals surface area (Å²) in [6.45, 7) is 3.73. The van der Waals surface area contributed by atoms with Gasteiger partial charge in [-0.15, -0.1) is 0 Å². The molecule has 5 nitrogen and oxygen atoms in total. The van der Waals surface area contributed by atoms with Gasteiger partial charge in [-0.3, -0.25) is 9.69 Å². The first-order valence-corrected chi connectivity index (χ1v) is 9.13. The van der Waals surface area contributed by atoms with Gasteiger partial charge in [0.2, 0.25) is 5.91 Å². The molecule has 3 rings (SSSR count). The van der Waals surface area contributed by atoms with E-state index in [-0.39, 0.29) is 11.9 Å². The predicted molar refractivity (Wildman–Crippen MR) is 99.3 cm³/mol. The maximum absolute atomic E-state index is 13.3. The lowest BCUT2D eigenvalue weighted by Gasteiger charge is -2.37. The molecule has 134 valence electrons. The number of benzene rings is 1. The molecule has 0 aliphatic carbocycles. The van der Waals surface area contributed by atoms with Gasteiger partial charge in [0.25, 0.3) is 0 Å². The van der Waals surface area contributed by atoms with Crippen molar-refractivity contribution in [2.24, 2.45) is 0 Å². The third-order valence-electron chi connectivity index (χ3n) is 5.03. The summed E-state index contributed by atoms with van der Waals surface area (Å²) in [5.74, 6) is 1.30. The van der Waals surface area contributed by atoms with Crippen LogP contribution >= 0.6 is 0 Å². The molecule has 0 radical (unpaired) electrons. The largest absolute Gasteiger partial charge is 0.339 e. The van der Waals surface area contributed by atoms with Crippen molar-refractivity contribution in [3.05, 3.63) is 54.1 Å². The molecule has 0 bridgehead atoms. The highest BCUT2D eigenvalue weighted by molar-refractivity contribution is 5.83. The van der Waals surface area contributed by atoms with E-state index in [1.54, 1.807) is 0 Å². The van der Waals surface area contributed by atoms with E-state index in [1.807, 2.05) is 60.4 Å². The van der Waals surface area contributed by atoms with E-state index < -0.39 is 0 Å². The van der Waals surface area contributed by atoms with Crippen LogP contribution < -0.4 is 0 Å². The zero-order valence-electron chi connectivity index (χ0n) is 15.4. The summed E-state index contributed by atoms with van der Waals surface area (Å²) in [6, 6.07) is 10.2. The van der Waals surface area contributed by atoms with Gasteiger partial charge in [0, 0.05) is 31.9 Å². The SMILES string of the molecule is CCc1nccn1[C@@H]1CCCN(C(=O)[C@@H](c2ccccc2)N(C)C)C1. The van der Waals surface area contributed by atoms with Crippen molar-refractivity contribution in [1.29, 1.82) is 0 Å². The van der Waals surface area contributed by atoms with Crippen LogP contribution in [0.2, 0.25) is 0 Å². The Bertz CT molecular complexity index is 695. The molecular weight excluding hydrogens is 312 g/mol. The Morgan fingerprint density at radius 3 is 2.76 bits per heavy atom. The lowest BCUT2D eigenvalue weighted by atomic mass is 10.0. The standard InChI is InChI=1S/C20H28N4O/c1-4-18-21-12-14-24(18)17-11-8-13-23(15-17)20(25)19(22(2)3)16-9-6-5-7-10-16/h5-7,9-10,12,14,17,19H,4,8,11,13,15H2,1-3H3/t17-,19-/m1/s1. The minimum Gasteiger partial charge on any atom is -0.339 e. The third-order valence-corrected chi connectivity index (χ3v) is 5.03. The van der Waals surface area contributed by atoms with Gasteiger partial charge < -0.3 is 9.47 Å². The molecule has 2 heterocycles. The highest BCUT2D eigenvalue weighted by Gasteiger charge is 2.32. The Morgan fingerprint density at radius 2 is 2.08 bits per heavy atom. The number of aromatic nitrogens is 2. The van der Waals surface area contributed by atoms with Crippen molar-refractivity contribution >= 4 is 5.91 Å². The van der Waals surface area contributed by atoms with Crippen LogP contribution in [-0.4, -0.2) is 52.4 Å². The number of imidazole rings is 1. The summed E-state index contributed by atoms with van der Waals surface area (Å²) < 4.78 is 2.26. The molecule has 25 heavy (non-hydrogen) atoms. The zero-order chi connectivity index (χ0) is 17.8. The van der Waals surface area contributed by atoms with Gasteiger partial charge in [-0.2, -0.15) is 0 Å². The van der Waals surface area contributed by atoms with Crippen LogP contribution in [0.1, 0.15) is 43.2 Å². The summed E-state index contributed by atoms with van der Waals surface area (Å²) >= 11 is 0. The second-order valence-electron chi connectivity index (χ2n) is 6.96. The molecule has 2 atom stereocenters. The topological polar surface area (TPSA) is 41.4 Å². The smallest absolute Gasteiger partial charge is 0.244 e. The molecular formula is C20H28N4O. The Hall–Kier alpha value is -2.14. The summed E-state index contributed by atoms with van der Waals surface area (Å²) in [7, 11) is 3.95. The predicted octanol–water partition coefficient (Wildman–Crippen LogP) is 2.91. The number of hydrogen-bond donors (Lipinski definition) is 0. The van der Waals surface area contributed by atoms with Gasteiger partial charge in [0.15, 0.2) is 0 Å². The molecule has 0 unspecified atom stereocenters. The molecule has 0 saturated carbocycles. The summed E-state index contributed by atoms with van der Waals surface area (Å²) in [5.41, 5.74) is 1.05. The fraction of sp³-hybridized carbons (Fsp3) is 0.500. The second-order valence-corrected chi connectivity index (χ2v) is 6.96. The van der Waals surface area contributed by atoms with E-state index in [1.165, 1.54) is 0 Å². The first-order valence-electron chi connectivity index (χ1n) is 9.13. The number of rotatable bonds is 5. The Labute approximate surface area is 150 Å². The van der Waals surface area contributed by atoms with Crippen LogP contribution in [0.5, 0.6) is 0 Å². The molecule has 1 fully saturated rings. The van der Waals surface area contributed by atoms with Gasteiger partial charge in [0.05, 0.1) is 6.04 Å². The Kier molecular flexibility index (Phi) is 5.53. The van der Waals surface area contributed by atoms with Crippen molar-refractivity contribution in [2.45, 2.75) is 38.3 Å². The van der Waals surface area contributed by atoms with Crippen molar-refractivity contribution in [1.82, 2.24) is 19.4 Å². The quantitative estimate of drug-likeness (QED) is 0.840. The summed E-state index contributed by atoms with van der Waals surface area (Å²) in [5, 5.41) is 0. The lowest BCUT2D eigenvalue weighted by Crippen LogP contribution is -2.46. The molecule has 2 aromatic rings. The van der Waals surface area contributed by atoms with Gasteiger partial charge in [-0.05, 0) is 32.5 Å². The Balaban J connectivity index is 1.79. The van der Waals surface area contributed by atoms with Crippen LogP contribution in [0.25, 0.3) is 0 Å². The van der Waals surface area contributed by atoms with Crippen LogP contribution in [0.15, 0.2) is 42.7 Å². The van der Waals surface area contributed by atoms with Crippen molar-refractivity contribution in [2.75, 3.05) is 27.2 Å². The molecule has 1 amide bonds. The van der Waals surface area contributed by atoms with Gasteiger partial charge >= 0.3 is 0 Å². The number of likely N-dealkylation sites (tertiary alicyclic amines) is 1. The first-order chi connectivity index (χ1) is 12.1. The molecule has 1 saturated heterocycles. The Morgan fingerprint density at radius 1 is 1.32 bits per heavy atom. The minimum atomic E-state index is -0.228. The van der Waals surface area contributed by atoms with E-state index in [0.717, 1.165) is 43.7 Å². The average Bonchev–Trinajstić information content (AvgIpc) is 3.11. The minimum absolute atomic E-state index is 0.194. The lowest BCUT2D eigenvalue weighted by molar-refractivity contribution is -0.138. The molecule has 1 aromatic carbocycles. The maximum Gasteiger partial charge on any atom is 0.244 e. The molecule has 0 N–H and O–H groups in total. The summed E-state index contributed by atoms with van der Waals surface area (Å²) in [6.07, 6.45) is 6.98. The molecule has 0 spiro atoms. The van der Waals surface area contributed by atoms with Crippen molar-refractivity contribution in [3.8, 4) is 0 Å². The van der Waals surface area contributed by atoms with Crippen LogP contribution in [0, 0.1) is 0 Å². The monoisotopic (exact) mass is 340 g/mol. The van der Waals surface area contributed by atoms with Gasteiger partial charge in [-0.25, -0.2) is 4.98 Å². The highest BCUT2D eigenvalue weighted by atomic mass is 16.2. The van der Waals surface area contributed by atoms with Crippen LogP contribution in [-0.2, 0) is 11.2 Å². The molecule has 1 aromatic heterocycles. The first kappa shape index (κ1) is 17.7. The third kappa shape index (κ3) is 3.76. The number of carbonyl (C=O) groups is 1. The molecule has 1 aliphatic heterocycles. The van der Waals surface area contributed by atoms with E-state index in [4.69, 9.17) is 0 Å². The molecule has 1 aliphatic rings. The number of piperidine rings is 1. The summed E-state index contributed by atoms with van der Waals surface area (Å²) in [4.78, 5) is 21.8. The number of carbonyl (C=O) groups excluding carboxylic acids is 1. The number of hydrogen-bond acceptors (Lipinski definition) is 3. The van der Waals surface area contributed by atoms with Gasteiger partial charge in [-0.1, -0.05) is 37.3 Å². The maximum atomic E-state index is 13.3. The van der Waals surface area contributed by atoms with E-state index in [0.29, 0.717) is 6.04 Å². The van der Waals surface area contributed by atoms with Crippen LogP contribution in [0.3, 0.4) is 0 Å². The fourth-order valence-corrected chi connectivity index (χ4v) is 3.80. The van der Waals surface area contributed by atoms with Crippen molar-refractivity contribution in [3.63, 3.8) is 0 Å². The van der Waals surface area contributed by atoms with Crippen molar-refractivity contribution < 1.29 is 4.79 Å².